The third-order valence-electron chi connectivity index (χ3n) is 4.41. The molecule has 0 radical (unpaired) electrons. The Hall–Kier alpha value is -2.63. The van der Waals surface area contributed by atoms with Gasteiger partial charge in [-0.05, 0) is 17.7 Å². The summed E-state index contributed by atoms with van der Waals surface area (Å²) in [5, 5.41) is 20.8. The van der Waals surface area contributed by atoms with Crippen LogP contribution in [0.15, 0.2) is 63.8 Å². The standard InChI is InChI=1S/C19H16O5/c20-11-19(22)10-14(12-6-2-1-3-7-12)16-17(24-19)13-8-4-5-9-15(13)23-18(16)21/h1-9,14,20,22H,10-11H2. The summed E-state index contributed by atoms with van der Waals surface area (Å²) >= 11 is 0. The number of hydrogen-bond donors (Lipinski definition) is 2. The monoisotopic (exact) mass is 324 g/mol. The molecular weight excluding hydrogens is 308 g/mol. The van der Waals surface area contributed by atoms with E-state index in [1.54, 1.807) is 24.3 Å². The largest absolute Gasteiger partial charge is 0.459 e. The van der Waals surface area contributed by atoms with Crippen LogP contribution in [0, 0.1) is 0 Å². The van der Waals surface area contributed by atoms with Crippen molar-refractivity contribution in [2.45, 2.75) is 18.1 Å². The van der Waals surface area contributed by atoms with E-state index in [0.29, 0.717) is 16.5 Å². The van der Waals surface area contributed by atoms with Crippen molar-refractivity contribution in [3.05, 3.63) is 76.1 Å². The average molecular weight is 324 g/mol. The zero-order chi connectivity index (χ0) is 16.7. The van der Waals surface area contributed by atoms with E-state index in [9.17, 15) is 15.0 Å². The third kappa shape index (κ3) is 2.29. The molecule has 5 nitrogen and oxygen atoms in total. The summed E-state index contributed by atoms with van der Waals surface area (Å²) in [4.78, 5) is 12.6. The summed E-state index contributed by atoms with van der Waals surface area (Å²) < 4.78 is 11.1. The van der Waals surface area contributed by atoms with Gasteiger partial charge in [0.15, 0.2) is 0 Å². The van der Waals surface area contributed by atoms with Crippen molar-refractivity contribution < 1.29 is 19.4 Å². The molecule has 2 heterocycles. The maximum Gasteiger partial charge on any atom is 0.343 e. The molecule has 0 spiro atoms. The van der Waals surface area contributed by atoms with Gasteiger partial charge < -0.3 is 19.4 Å². The SMILES string of the molecule is O=c1oc2ccccc2c2c1C(c1ccccc1)CC(O)(CO)O2. The van der Waals surface area contributed by atoms with Gasteiger partial charge in [0, 0.05) is 12.3 Å². The number of fused-ring (bicyclic) bond motifs is 3. The van der Waals surface area contributed by atoms with Gasteiger partial charge >= 0.3 is 5.63 Å². The quantitative estimate of drug-likeness (QED) is 0.708. The number of para-hydroxylation sites is 1. The fourth-order valence-corrected chi connectivity index (χ4v) is 3.27. The molecule has 1 aliphatic heterocycles. The van der Waals surface area contributed by atoms with E-state index in [1.807, 2.05) is 30.3 Å². The summed E-state index contributed by atoms with van der Waals surface area (Å²) in [6, 6.07) is 16.4. The van der Waals surface area contributed by atoms with E-state index < -0.39 is 23.9 Å². The summed E-state index contributed by atoms with van der Waals surface area (Å²) in [5.74, 6) is -1.89. The van der Waals surface area contributed by atoms with Crippen LogP contribution in [0.2, 0.25) is 0 Å². The van der Waals surface area contributed by atoms with Gasteiger partial charge in [0.25, 0.3) is 0 Å². The molecule has 0 saturated carbocycles. The Morgan fingerprint density at radius 1 is 1.08 bits per heavy atom. The van der Waals surface area contributed by atoms with Crippen molar-refractivity contribution in [2.24, 2.45) is 0 Å². The van der Waals surface area contributed by atoms with Crippen molar-refractivity contribution in [1.29, 1.82) is 0 Å². The van der Waals surface area contributed by atoms with Crippen molar-refractivity contribution >= 4 is 11.0 Å². The van der Waals surface area contributed by atoms with Gasteiger partial charge in [-0.2, -0.15) is 0 Å². The smallest absolute Gasteiger partial charge is 0.343 e. The van der Waals surface area contributed by atoms with Crippen molar-refractivity contribution in [3.63, 3.8) is 0 Å². The second kappa shape index (κ2) is 5.47. The molecule has 3 aromatic rings. The molecule has 0 bridgehead atoms. The lowest BCUT2D eigenvalue weighted by molar-refractivity contribution is -0.178. The molecule has 2 atom stereocenters. The lowest BCUT2D eigenvalue weighted by Crippen LogP contribution is -2.45. The van der Waals surface area contributed by atoms with Crippen molar-refractivity contribution in [3.8, 4) is 5.75 Å². The highest BCUT2D eigenvalue weighted by Gasteiger charge is 2.42. The van der Waals surface area contributed by atoms with E-state index in [0.717, 1.165) is 5.56 Å². The number of hydrogen-bond acceptors (Lipinski definition) is 5. The maximum absolute atomic E-state index is 12.6. The second-order valence-electron chi connectivity index (χ2n) is 6.00. The van der Waals surface area contributed by atoms with Crippen LogP contribution in [0.5, 0.6) is 5.75 Å². The van der Waals surface area contributed by atoms with Crippen LogP contribution in [0.25, 0.3) is 11.0 Å². The van der Waals surface area contributed by atoms with Crippen LogP contribution in [-0.2, 0) is 0 Å². The molecule has 2 aromatic carbocycles. The molecule has 2 unspecified atom stereocenters. The molecule has 1 aromatic heterocycles. The second-order valence-corrected chi connectivity index (χ2v) is 6.00. The first-order valence-corrected chi connectivity index (χ1v) is 7.74. The number of ether oxygens (including phenoxy) is 1. The lowest BCUT2D eigenvalue weighted by Gasteiger charge is -2.37. The maximum atomic E-state index is 12.6. The molecule has 2 N–H and O–H groups in total. The first-order chi connectivity index (χ1) is 11.6. The molecular formula is C19H16O5. The molecule has 122 valence electrons. The van der Waals surface area contributed by atoms with Crippen molar-refractivity contribution in [2.75, 3.05) is 6.61 Å². The Kier molecular flexibility index (Phi) is 3.40. The van der Waals surface area contributed by atoms with Crippen LogP contribution >= 0.6 is 0 Å². The molecule has 0 aliphatic carbocycles. The topological polar surface area (TPSA) is 79.9 Å². The Morgan fingerprint density at radius 2 is 1.79 bits per heavy atom. The van der Waals surface area contributed by atoms with Gasteiger partial charge in [0.2, 0.25) is 5.79 Å². The lowest BCUT2D eigenvalue weighted by atomic mass is 9.83. The normalized spacial score (nSPS) is 22.8. The number of aliphatic hydroxyl groups is 2. The molecule has 1 aliphatic rings. The molecule has 5 heteroatoms. The van der Waals surface area contributed by atoms with Gasteiger partial charge in [-0.15, -0.1) is 0 Å². The van der Waals surface area contributed by atoms with Crippen LogP contribution in [0.4, 0.5) is 0 Å². The summed E-state index contributed by atoms with van der Waals surface area (Å²) in [6.45, 7) is -0.565. The molecule has 0 saturated heterocycles. The van der Waals surface area contributed by atoms with E-state index >= 15 is 0 Å². The molecule has 0 fully saturated rings. The minimum Gasteiger partial charge on any atom is -0.459 e. The summed E-state index contributed by atoms with van der Waals surface area (Å²) in [7, 11) is 0. The highest BCUT2D eigenvalue weighted by Crippen LogP contribution is 2.44. The number of rotatable bonds is 2. The van der Waals surface area contributed by atoms with E-state index in [4.69, 9.17) is 9.15 Å². The summed E-state index contributed by atoms with van der Waals surface area (Å²) in [6.07, 6.45) is 0.0730. The number of benzene rings is 2. The molecule has 4 rings (SSSR count). The predicted octanol–water partition coefficient (Wildman–Crippen LogP) is 2.39. The minimum atomic E-state index is -1.75. The predicted molar refractivity (Wildman–Crippen MR) is 88.0 cm³/mol. The highest BCUT2D eigenvalue weighted by molar-refractivity contribution is 5.85. The Bertz CT molecular complexity index is 947. The highest BCUT2D eigenvalue weighted by atomic mass is 16.6. The van der Waals surface area contributed by atoms with Gasteiger partial charge in [-0.25, -0.2) is 4.79 Å². The van der Waals surface area contributed by atoms with E-state index in [-0.39, 0.29) is 12.2 Å². The zero-order valence-corrected chi connectivity index (χ0v) is 12.8. The van der Waals surface area contributed by atoms with Gasteiger partial charge in [0.1, 0.15) is 17.9 Å². The van der Waals surface area contributed by atoms with Crippen LogP contribution in [0.3, 0.4) is 0 Å². The fraction of sp³-hybridized carbons (Fsp3) is 0.211. The van der Waals surface area contributed by atoms with E-state index in [1.165, 1.54) is 0 Å². The van der Waals surface area contributed by atoms with Gasteiger partial charge in [-0.1, -0.05) is 42.5 Å². The third-order valence-corrected chi connectivity index (χ3v) is 4.41. The first-order valence-electron chi connectivity index (χ1n) is 7.74. The molecule has 24 heavy (non-hydrogen) atoms. The number of aliphatic hydroxyl groups excluding tert-OH is 1. The Labute approximate surface area is 137 Å². The minimum absolute atomic E-state index is 0.0730. The van der Waals surface area contributed by atoms with Gasteiger partial charge in [-0.3, -0.25) is 0 Å². The van der Waals surface area contributed by atoms with Crippen LogP contribution in [-0.4, -0.2) is 22.6 Å². The van der Waals surface area contributed by atoms with Gasteiger partial charge in [0.05, 0.1) is 10.9 Å². The Balaban J connectivity index is 2.03. The average Bonchev–Trinajstić information content (AvgIpc) is 2.62. The zero-order valence-electron chi connectivity index (χ0n) is 12.8. The van der Waals surface area contributed by atoms with E-state index in [2.05, 4.69) is 0 Å². The molecule has 0 amide bonds. The Morgan fingerprint density at radius 3 is 2.54 bits per heavy atom. The first kappa shape index (κ1) is 14.9. The van der Waals surface area contributed by atoms with Crippen LogP contribution in [0.1, 0.15) is 23.5 Å². The summed E-state index contributed by atoms with van der Waals surface area (Å²) in [5.41, 5.74) is 1.13. The van der Waals surface area contributed by atoms with Crippen LogP contribution < -0.4 is 10.4 Å². The fourth-order valence-electron chi connectivity index (χ4n) is 3.27. The van der Waals surface area contributed by atoms with Crippen molar-refractivity contribution in [1.82, 2.24) is 0 Å².